The summed E-state index contributed by atoms with van der Waals surface area (Å²) < 4.78 is 1.82. The molecule has 4 heterocycles. The summed E-state index contributed by atoms with van der Waals surface area (Å²) in [6, 6.07) is 1.86. The molecule has 0 radical (unpaired) electrons. The Bertz CT molecular complexity index is 1010. The zero-order valence-corrected chi connectivity index (χ0v) is 15.1. The Morgan fingerprint density at radius 2 is 2.22 bits per heavy atom. The quantitative estimate of drug-likeness (QED) is 0.577. The van der Waals surface area contributed by atoms with Gasteiger partial charge >= 0.3 is 0 Å². The molecule has 0 spiro atoms. The van der Waals surface area contributed by atoms with Crippen LogP contribution in [0, 0.1) is 5.41 Å². The molecule has 0 bridgehead atoms. The highest BCUT2D eigenvalue weighted by atomic mass is 35.5. The SMILES string of the molecule is N=CC(=CN)C1CN(c2ccnc(-c3cnc4cnc(Cl)cn34)n2)CCN1. The van der Waals surface area contributed by atoms with Crippen LogP contribution in [0.25, 0.3) is 17.2 Å². The molecule has 0 aromatic carbocycles. The van der Waals surface area contributed by atoms with Crippen LogP contribution in [0.3, 0.4) is 0 Å². The Balaban J connectivity index is 1.66. The number of piperazine rings is 1. The summed E-state index contributed by atoms with van der Waals surface area (Å²) in [5, 5.41) is 11.3. The highest BCUT2D eigenvalue weighted by molar-refractivity contribution is 6.29. The molecule has 1 aliphatic heterocycles. The Hall–Kier alpha value is -3.04. The molecule has 3 aromatic heterocycles. The van der Waals surface area contributed by atoms with Crippen molar-refractivity contribution < 1.29 is 0 Å². The number of rotatable bonds is 4. The van der Waals surface area contributed by atoms with Gasteiger partial charge in [-0.1, -0.05) is 11.6 Å². The molecule has 4 rings (SSSR count). The smallest absolute Gasteiger partial charge is 0.180 e. The fourth-order valence-corrected chi connectivity index (χ4v) is 3.27. The second kappa shape index (κ2) is 7.29. The van der Waals surface area contributed by atoms with Crippen LogP contribution in [0.4, 0.5) is 5.82 Å². The number of imidazole rings is 1. The number of fused-ring (bicyclic) bond motifs is 1. The molecule has 1 atom stereocenters. The highest BCUT2D eigenvalue weighted by Gasteiger charge is 2.23. The van der Waals surface area contributed by atoms with Gasteiger partial charge in [-0.3, -0.25) is 4.40 Å². The van der Waals surface area contributed by atoms with E-state index >= 15 is 0 Å². The largest absolute Gasteiger partial charge is 0.404 e. The standard InChI is InChI=1S/C17H18ClN9/c18-14-10-27-13(7-24-16(27)8-23-14)17-22-2-1-15(25-17)26-4-3-21-12(9-26)11(5-19)6-20/h1-2,5-8,10,12,19,21H,3-4,9,20H2. The number of nitrogens with two attached hydrogens (primary N) is 1. The van der Waals surface area contributed by atoms with Gasteiger partial charge in [0, 0.05) is 50.0 Å². The first-order chi connectivity index (χ1) is 13.2. The van der Waals surface area contributed by atoms with Crippen LogP contribution in [0.15, 0.2) is 42.6 Å². The summed E-state index contributed by atoms with van der Waals surface area (Å²) in [6.07, 6.45) is 9.48. The van der Waals surface area contributed by atoms with E-state index in [2.05, 4.69) is 25.2 Å². The van der Waals surface area contributed by atoms with Gasteiger partial charge in [0.05, 0.1) is 18.4 Å². The van der Waals surface area contributed by atoms with Crippen LogP contribution in [0.2, 0.25) is 5.15 Å². The molecule has 0 aliphatic carbocycles. The van der Waals surface area contributed by atoms with E-state index in [1.807, 2.05) is 10.5 Å². The first kappa shape index (κ1) is 17.4. The highest BCUT2D eigenvalue weighted by Crippen LogP contribution is 2.22. The van der Waals surface area contributed by atoms with E-state index in [0.29, 0.717) is 23.2 Å². The van der Waals surface area contributed by atoms with Crippen molar-refractivity contribution in [2.75, 3.05) is 24.5 Å². The Morgan fingerprint density at radius 1 is 1.33 bits per heavy atom. The van der Waals surface area contributed by atoms with Crippen LogP contribution >= 0.6 is 11.6 Å². The van der Waals surface area contributed by atoms with Crippen LogP contribution in [-0.4, -0.2) is 56.2 Å². The summed E-state index contributed by atoms with van der Waals surface area (Å²) in [6.45, 7) is 2.23. The van der Waals surface area contributed by atoms with Gasteiger partial charge in [0.15, 0.2) is 11.5 Å². The van der Waals surface area contributed by atoms with E-state index in [9.17, 15) is 0 Å². The van der Waals surface area contributed by atoms with Gasteiger partial charge in [0.1, 0.15) is 16.7 Å². The molecule has 3 aromatic rings. The van der Waals surface area contributed by atoms with Gasteiger partial charge in [-0.2, -0.15) is 0 Å². The van der Waals surface area contributed by atoms with Crippen molar-refractivity contribution in [1.82, 2.24) is 29.7 Å². The molecular formula is C17H18ClN9. The third-order valence-electron chi connectivity index (χ3n) is 4.50. The number of hydrogen-bond donors (Lipinski definition) is 3. The minimum Gasteiger partial charge on any atom is -0.404 e. The maximum absolute atomic E-state index is 7.51. The number of nitrogens with one attached hydrogen (secondary N) is 2. The maximum atomic E-state index is 7.51. The first-order valence-corrected chi connectivity index (χ1v) is 8.80. The number of hydrogen-bond acceptors (Lipinski definition) is 8. The van der Waals surface area contributed by atoms with Crippen molar-refractivity contribution in [1.29, 1.82) is 5.41 Å². The zero-order chi connectivity index (χ0) is 18.8. The molecule has 4 N–H and O–H groups in total. The number of halogens is 1. The molecule has 9 nitrogen and oxygen atoms in total. The van der Waals surface area contributed by atoms with Gasteiger partial charge in [-0.05, 0) is 6.07 Å². The second-order valence-electron chi connectivity index (χ2n) is 6.08. The minimum atomic E-state index is -0.0136. The van der Waals surface area contributed by atoms with Gasteiger partial charge in [0.2, 0.25) is 0 Å². The van der Waals surface area contributed by atoms with Crippen molar-refractivity contribution in [2.24, 2.45) is 5.73 Å². The molecule has 1 saturated heterocycles. The average molecular weight is 384 g/mol. The Morgan fingerprint density at radius 3 is 3.04 bits per heavy atom. The lowest BCUT2D eigenvalue weighted by molar-refractivity contribution is 0.507. The zero-order valence-electron chi connectivity index (χ0n) is 14.4. The summed E-state index contributed by atoms with van der Waals surface area (Å²) in [5.41, 5.74) is 7.79. The summed E-state index contributed by atoms with van der Waals surface area (Å²) in [4.78, 5) is 19.6. The summed E-state index contributed by atoms with van der Waals surface area (Å²) in [5.74, 6) is 1.36. The van der Waals surface area contributed by atoms with E-state index in [4.69, 9.17) is 27.7 Å². The fourth-order valence-electron chi connectivity index (χ4n) is 3.13. The van der Waals surface area contributed by atoms with E-state index in [-0.39, 0.29) is 6.04 Å². The fraction of sp³-hybridized carbons (Fsp3) is 0.235. The molecule has 27 heavy (non-hydrogen) atoms. The third-order valence-corrected chi connectivity index (χ3v) is 4.69. The lowest BCUT2D eigenvalue weighted by Crippen LogP contribution is -2.52. The van der Waals surface area contributed by atoms with Gasteiger partial charge in [-0.25, -0.2) is 19.9 Å². The van der Waals surface area contributed by atoms with Crippen molar-refractivity contribution in [2.45, 2.75) is 6.04 Å². The lowest BCUT2D eigenvalue weighted by Gasteiger charge is -2.34. The van der Waals surface area contributed by atoms with E-state index in [1.54, 1.807) is 24.8 Å². The molecule has 1 aliphatic rings. The Kier molecular flexibility index (Phi) is 4.69. The van der Waals surface area contributed by atoms with Crippen molar-refractivity contribution in [3.05, 3.63) is 47.8 Å². The maximum Gasteiger partial charge on any atom is 0.180 e. The average Bonchev–Trinajstić information content (AvgIpc) is 3.12. The molecule has 1 unspecified atom stereocenters. The van der Waals surface area contributed by atoms with Crippen molar-refractivity contribution >= 4 is 29.3 Å². The van der Waals surface area contributed by atoms with Gasteiger partial charge in [0.25, 0.3) is 0 Å². The predicted octanol–water partition coefficient (Wildman–Crippen LogP) is 1.11. The van der Waals surface area contributed by atoms with E-state index in [0.717, 1.165) is 30.2 Å². The summed E-state index contributed by atoms with van der Waals surface area (Å²) >= 11 is 6.01. The van der Waals surface area contributed by atoms with E-state index < -0.39 is 0 Å². The first-order valence-electron chi connectivity index (χ1n) is 8.42. The minimum absolute atomic E-state index is 0.0136. The predicted molar refractivity (Wildman–Crippen MR) is 104 cm³/mol. The lowest BCUT2D eigenvalue weighted by atomic mass is 10.1. The monoisotopic (exact) mass is 383 g/mol. The summed E-state index contributed by atoms with van der Waals surface area (Å²) in [7, 11) is 0. The molecule has 0 amide bonds. The molecule has 0 saturated carbocycles. The second-order valence-corrected chi connectivity index (χ2v) is 6.47. The van der Waals surface area contributed by atoms with Crippen LogP contribution in [0.1, 0.15) is 0 Å². The van der Waals surface area contributed by atoms with Crippen LogP contribution in [0.5, 0.6) is 0 Å². The number of nitrogens with zero attached hydrogens (tertiary/aromatic N) is 6. The molecule has 1 fully saturated rings. The van der Waals surface area contributed by atoms with Crippen molar-refractivity contribution in [3.63, 3.8) is 0 Å². The normalized spacial score (nSPS) is 18.0. The van der Waals surface area contributed by atoms with E-state index in [1.165, 1.54) is 12.4 Å². The van der Waals surface area contributed by atoms with Crippen LogP contribution < -0.4 is 16.0 Å². The van der Waals surface area contributed by atoms with Crippen molar-refractivity contribution in [3.8, 4) is 11.5 Å². The topological polar surface area (TPSA) is 121 Å². The van der Waals surface area contributed by atoms with Gasteiger partial charge < -0.3 is 21.4 Å². The van der Waals surface area contributed by atoms with Crippen LogP contribution in [-0.2, 0) is 0 Å². The number of aromatic nitrogens is 5. The third kappa shape index (κ3) is 3.34. The molecular weight excluding hydrogens is 366 g/mol. The van der Waals surface area contributed by atoms with Gasteiger partial charge in [-0.15, -0.1) is 0 Å². The molecule has 10 heteroatoms. The number of anilines is 1. The molecule has 138 valence electrons. The Labute approximate surface area is 160 Å².